The number of unbranched alkanes of at least 4 members (excludes halogenated alkanes) is 3. The highest BCUT2D eigenvalue weighted by Crippen LogP contribution is 2.28. The molecule has 3 aromatic rings. The average Bonchev–Trinajstić information content (AvgIpc) is 2.68. The molecule has 0 spiro atoms. The fourth-order valence-electron chi connectivity index (χ4n) is 2.97. The summed E-state index contributed by atoms with van der Waals surface area (Å²) in [4.78, 5) is 12.7. The molecule has 1 aromatic heterocycles. The van der Waals surface area contributed by atoms with Crippen LogP contribution in [0.4, 0.5) is 4.39 Å². The van der Waals surface area contributed by atoms with E-state index < -0.39 is 0 Å². The number of fused-ring (bicyclic) bond motifs is 1. The minimum absolute atomic E-state index is 0.0862. The average molecular weight is 433 g/mol. The molecule has 5 heteroatoms. The third kappa shape index (κ3) is 4.78. The fraction of sp³-hybridized carbons (Fsp3) is 0.318. The van der Waals surface area contributed by atoms with Crippen LogP contribution in [0.2, 0.25) is 0 Å². The van der Waals surface area contributed by atoms with Crippen LogP contribution in [0.1, 0.15) is 31.2 Å². The Hall–Kier alpha value is -2.14. The van der Waals surface area contributed by atoms with E-state index in [1.807, 2.05) is 0 Å². The van der Waals surface area contributed by atoms with E-state index in [4.69, 9.17) is 9.15 Å². The molecule has 0 N–H and O–H groups in total. The minimum atomic E-state index is -0.327. The zero-order chi connectivity index (χ0) is 19.2. The Morgan fingerprint density at radius 1 is 1.04 bits per heavy atom. The molecule has 3 rings (SSSR count). The van der Waals surface area contributed by atoms with Crippen LogP contribution in [0.15, 0.2) is 51.7 Å². The Morgan fingerprint density at radius 2 is 1.78 bits per heavy atom. The molecule has 0 fully saturated rings. The first kappa shape index (κ1) is 19.6. The summed E-state index contributed by atoms with van der Waals surface area (Å²) in [6, 6.07) is 11.2. The smallest absolute Gasteiger partial charge is 0.196 e. The molecule has 0 saturated carbocycles. The van der Waals surface area contributed by atoms with Crippen molar-refractivity contribution in [3.05, 3.63) is 64.1 Å². The van der Waals surface area contributed by atoms with Gasteiger partial charge in [0.1, 0.15) is 22.9 Å². The normalized spacial score (nSPS) is 11.1. The van der Waals surface area contributed by atoms with Gasteiger partial charge in [0.25, 0.3) is 0 Å². The van der Waals surface area contributed by atoms with Gasteiger partial charge in [0, 0.05) is 22.5 Å². The van der Waals surface area contributed by atoms with E-state index in [1.54, 1.807) is 37.3 Å². The predicted octanol–water partition coefficient (Wildman–Crippen LogP) is 6.24. The van der Waals surface area contributed by atoms with Gasteiger partial charge in [0.05, 0.1) is 12.0 Å². The van der Waals surface area contributed by atoms with Gasteiger partial charge >= 0.3 is 0 Å². The first-order chi connectivity index (χ1) is 13.1. The van der Waals surface area contributed by atoms with Crippen molar-refractivity contribution < 1.29 is 13.5 Å². The van der Waals surface area contributed by atoms with Crippen LogP contribution < -0.4 is 10.2 Å². The monoisotopic (exact) mass is 432 g/mol. The number of alkyl halides is 1. The van der Waals surface area contributed by atoms with Crippen LogP contribution in [0.3, 0.4) is 0 Å². The second-order valence-electron chi connectivity index (χ2n) is 6.50. The van der Waals surface area contributed by atoms with Gasteiger partial charge in [-0.05, 0) is 56.2 Å². The molecule has 0 radical (unpaired) electrons. The van der Waals surface area contributed by atoms with E-state index in [-0.39, 0.29) is 11.2 Å². The zero-order valence-corrected chi connectivity index (χ0v) is 16.9. The summed E-state index contributed by atoms with van der Waals surface area (Å²) in [5.41, 5.74) is 1.57. The number of halogens is 2. The Morgan fingerprint density at radius 3 is 2.52 bits per heavy atom. The second kappa shape index (κ2) is 9.18. The van der Waals surface area contributed by atoms with Gasteiger partial charge in [-0.25, -0.2) is 4.39 Å². The molecular formula is C22H22BrFO3. The topological polar surface area (TPSA) is 39.4 Å². The van der Waals surface area contributed by atoms with Crippen molar-refractivity contribution in [2.45, 2.75) is 32.6 Å². The molecule has 142 valence electrons. The minimum Gasteiger partial charge on any atom is -0.493 e. The maximum Gasteiger partial charge on any atom is 0.196 e. The summed E-state index contributed by atoms with van der Waals surface area (Å²) in [6.45, 7) is 2.36. The van der Waals surface area contributed by atoms with E-state index in [2.05, 4.69) is 15.9 Å². The van der Waals surface area contributed by atoms with Gasteiger partial charge in [0.15, 0.2) is 5.43 Å². The molecular weight excluding hydrogens is 411 g/mol. The molecule has 0 amide bonds. The van der Waals surface area contributed by atoms with Crippen LogP contribution in [0.5, 0.6) is 5.75 Å². The highest BCUT2D eigenvalue weighted by atomic mass is 79.9. The lowest BCUT2D eigenvalue weighted by atomic mass is 10.1. The fourth-order valence-corrected chi connectivity index (χ4v) is 3.37. The molecule has 0 unspecified atom stereocenters. The lowest BCUT2D eigenvalue weighted by Gasteiger charge is -2.10. The standard InChI is InChI=1S/C22H22BrFO3/c1-15-21(25)19-11-10-18(26-13-5-3-2-4-12-23)14-20(19)27-22(15)16-6-8-17(24)9-7-16/h6-11,14H,2-5,12-13H2,1H3. The summed E-state index contributed by atoms with van der Waals surface area (Å²) >= 11 is 3.43. The number of ether oxygens (including phenoxy) is 1. The van der Waals surface area contributed by atoms with E-state index in [1.165, 1.54) is 25.0 Å². The van der Waals surface area contributed by atoms with Crippen molar-refractivity contribution in [2.75, 3.05) is 11.9 Å². The molecule has 0 aliphatic heterocycles. The number of hydrogen-bond acceptors (Lipinski definition) is 3. The van der Waals surface area contributed by atoms with Gasteiger partial charge in [-0.2, -0.15) is 0 Å². The van der Waals surface area contributed by atoms with E-state index in [0.717, 1.165) is 18.2 Å². The van der Waals surface area contributed by atoms with E-state index >= 15 is 0 Å². The lowest BCUT2D eigenvalue weighted by Crippen LogP contribution is -2.07. The van der Waals surface area contributed by atoms with Crippen molar-refractivity contribution in [1.82, 2.24) is 0 Å². The molecule has 0 saturated heterocycles. The van der Waals surface area contributed by atoms with Gasteiger partial charge in [-0.1, -0.05) is 28.8 Å². The van der Waals surface area contributed by atoms with E-state index in [0.29, 0.717) is 40.2 Å². The third-order valence-corrected chi connectivity index (χ3v) is 5.05. The Bertz CT molecular complexity index is 964. The molecule has 0 aliphatic carbocycles. The Labute approximate surface area is 166 Å². The first-order valence-corrected chi connectivity index (χ1v) is 10.2. The summed E-state index contributed by atoms with van der Waals surface area (Å²) in [6.07, 6.45) is 4.47. The second-order valence-corrected chi connectivity index (χ2v) is 7.29. The first-order valence-electron chi connectivity index (χ1n) is 9.12. The molecule has 3 nitrogen and oxygen atoms in total. The quantitative estimate of drug-likeness (QED) is 0.312. The molecule has 0 bridgehead atoms. The van der Waals surface area contributed by atoms with Gasteiger partial charge in [0.2, 0.25) is 0 Å². The summed E-state index contributed by atoms with van der Waals surface area (Å²) in [5, 5.41) is 1.55. The molecule has 1 heterocycles. The van der Waals surface area contributed by atoms with Crippen LogP contribution in [-0.4, -0.2) is 11.9 Å². The van der Waals surface area contributed by atoms with Crippen molar-refractivity contribution in [2.24, 2.45) is 0 Å². The van der Waals surface area contributed by atoms with Gasteiger partial charge in [-0.3, -0.25) is 4.79 Å². The number of hydrogen-bond donors (Lipinski definition) is 0. The summed E-state index contributed by atoms with van der Waals surface area (Å²) in [7, 11) is 0. The zero-order valence-electron chi connectivity index (χ0n) is 15.3. The molecule has 27 heavy (non-hydrogen) atoms. The Balaban J connectivity index is 1.83. The van der Waals surface area contributed by atoms with Crippen LogP contribution in [-0.2, 0) is 0 Å². The molecule has 0 aliphatic rings. The van der Waals surface area contributed by atoms with Crippen LogP contribution in [0, 0.1) is 12.7 Å². The van der Waals surface area contributed by atoms with Crippen molar-refractivity contribution in [3.8, 4) is 17.1 Å². The molecule has 2 aromatic carbocycles. The van der Waals surface area contributed by atoms with Gasteiger partial charge < -0.3 is 9.15 Å². The van der Waals surface area contributed by atoms with Crippen molar-refractivity contribution in [3.63, 3.8) is 0 Å². The van der Waals surface area contributed by atoms with Crippen molar-refractivity contribution >= 4 is 26.9 Å². The number of rotatable bonds is 8. The van der Waals surface area contributed by atoms with Crippen LogP contribution >= 0.6 is 15.9 Å². The highest BCUT2D eigenvalue weighted by Gasteiger charge is 2.13. The largest absolute Gasteiger partial charge is 0.493 e. The highest BCUT2D eigenvalue weighted by molar-refractivity contribution is 9.09. The van der Waals surface area contributed by atoms with Gasteiger partial charge in [-0.15, -0.1) is 0 Å². The lowest BCUT2D eigenvalue weighted by molar-refractivity contribution is 0.305. The predicted molar refractivity (Wildman–Crippen MR) is 110 cm³/mol. The maximum atomic E-state index is 13.2. The summed E-state index contributed by atoms with van der Waals surface area (Å²) < 4.78 is 25.0. The molecule has 0 atom stereocenters. The van der Waals surface area contributed by atoms with Crippen molar-refractivity contribution in [1.29, 1.82) is 0 Å². The maximum absolute atomic E-state index is 13.2. The van der Waals surface area contributed by atoms with E-state index in [9.17, 15) is 9.18 Å². The SMILES string of the molecule is Cc1c(-c2ccc(F)cc2)oc2cc(OCCCCCCBr)ccc2c1=O. The third-order valence-electron chi connectivity index (χ3n) is 4.49. The Kier molecular flexibility index (Phi) is 6.67. The number of benzene rings is 2. The van der Waals surface area contributed by atoms with Crippen LogP contribution in [0.25, 0.3) is 22.3 Å². The summed E-state index contributed by atoms with van der Waals surface area (Å²) in [5.74, 6) is 0.811.